The predicted molar refractivity (Wildman–Crippen MR) is 148 cm³/mol. The molecule has 0 atom stereocenters. The molecule has 0 unspecified atom stereocenters. The van der Waals surface area contributed by atoms with Crippen LogP contribution >= 0.6 is 18.9 Å². The molecule has 0 fully saturated rings. The van der Waals surface area contributed by atoms with Crippen LogP contribution in [0.1, 0.15) is 11.1 Å². The maximum Gasteiger partial charge on any atom is 0.445 e. The second kappa shape index (κ2) is 13.5. The zero-order valence-electron chi connectivity index (χ0n) is 22.8. The van der Waals surface area contributed by atoms with Gasteiger partial charge in [-0.2, -0.15) is 31.1 Å². The van der Waals surface area contributed by atoms with Gasteiger partial charge in [0.25, 0.3) is 10.0 Å². The Bertz CT molecular complexity index is 1950. The maximum atomic E-state index is 14.7. The van der Waals surface area contributed by atoms with Gasteiger partial charge in [0, 0.05) is 28.5 Å². The van der Waals surface area contributed by atoms with Crippen LogP contribution in [0.3, 0.4) is 0 Å². The van der Waals surface area contributed by atoms with E-state index in [1.54, 1.807) is 0 Å². The van der Waals surface area contributed by atoms with Crippen molar-refractivity contribution in [1.29, 1.82) is 0 Å². The van der Waals surface area contributed by atoms with E-state index in [9.17, 15) is 52.5 Å². The normalized spacial score (nSPS) is 12.5. The quantitative estimate of drug-likeness (QED) is 0.0386. The van der Waals surface area contributed by atoms with Crippen molar-refractivity contribution in [2.75, 3.05) is 19.4 Å². The van der Waals surface area contributed by atoms with Crippen LogP contribution in [-0.2, 0) is 26.9 Å². The lowest BCUT2D eigenvalue weighted by molar-refractivity contribution is -0.140. The molecule has 1 N–H and O–H groups in total. The SMILES string of the molecule is [N-]=[N+]=NCCOc1cc(F)c2sc(S(=O)(=O)NCP(=O)(Oc3ccc(C(F)(F)F)c(F)c3)Oc3ccc(C(F)(F)F)c(F)c3)cc2c1. The number of benzene rings is 3. The molecule has 1 heterocycles. The van der Waals surface area contributed by atoms with E-state index in [1.165, 1.54) is 6.07 Å². The number of sulfonamides is 1. The molecule has 3 aromatic carbocycles. The van der Waals surface area contributed by atoms with Crippen molar-refractivity contribution in [3.05, 3.63) is 93.6 Å². The van der Waals surface area contributed by atoms with Gasteiger partial charge in [0.2, 0.25) is 0 Å². The van der Waals surface area contributed by atoms with Gasteiger partial charge in [0.15, 0.2) is 0 Å². The fourth-order valence-electron chi connectivity index (χ4n) is 3.73. The van der Waals surface area contributed by atoms with Crippen LogP contribution in [0.2, 0.25) is 0 Å². The fourth-order valence-corrected chi connectivity index (χ4v) is 8.15. The van der Waals surface area contributed by atoms with E-state index in [-0.39, 0.29) is 53.3 Å². The molecule has 0 amide bonds. The largest absolute Gasteiger partial charge is 0.493 e. The average Bonchev–Trinajstić information content (AvgIpc) is 3.39. The summed E-state index contributed by atoms with van der Waals surface area (Å²) < 4.78 is 177. The zero-order chi connectivity index (χ0) is 34.8. The fraction of sp³-hybridized carbons (Fsp3) is 0.200. The number of thiophene rings is 1. The summed E-state index contributed by atoms with van der Waals surface area (Å²) in [7, 11) is -9.85. The maximum absolute atomic E-state index is 14.7. The Hall–Kier alpha value is -4.16. The van der Waals surface area contributed by atoms with E-state index in [1.807, 2.05) is 4.72 Å². The molecule has 0 aliphatic heterocycles. The van der Waals surface area contributed by atoms with Crippen LogP contribution in [0.25, 0.3) is 20.5 Å². The average molecular weight is 735 g/mol. The van der Waals surface area contributed by atoms with Gasteiger partial charge in [0.05, 0.1) is 29.0 Å². The van der Waals surface area contributed by atoms with Crippen LogP contribution < -0.4 is 18.5 Å². The Labute approximate surface area is 261 Å². The number of halogens is 9. The second-order valence-electron chi connectivity index (χ2n) is 9.07. The van der Waals surface area contributed by atoms with Crippen molar-refractivity contribution in [2.45, 2.75) is 16.6 Å². The van der Waals surface area contributed by atoms with E-state index >= 15 is 0 Å². The third-order valence-electron chi connectivity index (χ3n) is 5.74. The molecule has 4 aromatic rings. The van der Waals surface area contributed by atoms with Gasteiger partial charge in [-0.3, -0.25) is 0 Å². The first-order chi connectivity index (χ1) is 21.8. The van der Waals surface area contributed by atoms with Crippen molar-refractivity contribution < 1.29 is 66.3 Å². The molecule has 0 saturated heterocycles. The van der Waals surface area contributed by atoms with E-state index in [0.717, 1.165) is 12.1 Å². The number of ether oxygens (including phenoxy) is 1. The van der Waals surface area contributed by atoms with Crippen molar-refractivity contribution in [1.82, 2.24) is 4.72 Å². The van der Waals surface area contributed by atoms with Crippen molar-refractivity contribution in [2.24, 2.45) is 5.11 Å². The Morgan fingerprint density at radius 3 is 1.85 bits per heavy atom. The summed E-state index contributed by atoms with van der Waals surface area (Å²) in [5.74, 6) is -6.51. The van der Waals surface area contributed by atoms with Crippen LogP contribution in [0.4, 0.5) is 39.5 Å². The minimum absolute atomic E-state index is 0.0327. The van der Waals surface area contributed by atoms with Gasteiger partial charge in [-0.05, 0) is 41.9 Å². The van der Waals surface area contributed by atoms with Crippen LogP contribution in [-0.4, -0.2) is 27.9 Å². The molecule has 4 rings (SSSR count). The Balaban J connectivity index is 1.64. The second-order valence-corrected chi connectivity index (χ2v) is 14.0. The Morgan fingerprint density at radius 1 is 0.830 bits per heavy atom. The summed E-state index contributed by atoms with van der Waals surface area (Å²) in [5, 5.41) is 3.27. The van der Waals surface area contributed by atoms with Gasteiger partial charge >= 0.3 is 19.9 Å². The summed E-state index contributed by atoms with van der Waals surface area (Å²) in [5.41, 5.74) is 4.82. The number of nitrogens with one attached hydrogen (secondary N) is 1. The van der Waals surface area contributed by atoms with Gasteiger partial charge < -0.3 is 13.8 Å². The first-order valence-electron chi connectivity index (χ1n) is 12.4. The van der Waals surface area contributed by atoms with E-state index in [0.29, 0.717) is 23.5 Å². The van der Waals surface area contributed by atoms with Gasteiger partial charge in [-0.15, -0.1) is 11.3 Å². The summed E-state index contributed by atoms with van der Waals surface area (Å²) in [6.07, 6.45) is -11.7. The summed E-state index contributed by atoms with van der Waals surface area (Å²) in [6.45, 7) is -0.224. The highest BCUT2D eigenvalue weighted by Gasteiger charge is 2.37. The number of fused-ring (bicyclic) bond motifs is 1. The topological polar surface area (TPSA) is 140 Å². The number of hydrogen-bond acceptors (Lipinski definition) is 8. The number of alkyl halides is 6. The monoisotopic (exact) mass is 734 g/mol. The van der Waals surface area contributed by atoms with E-state index < -0.39 is 80.5 Å². The lowest BCUT2D eigenvalue weighted by Crippen LogP contribution is -2.26. The van der Waals surface area contributed by atoms with Gasteiger partial charge in [-0.25, -0.2) is 26.2 Å². The molecule has 0 radical (unpaired) electrons. The highest BCUT2D eigenvalue weighted by atomic mass is 32.2. The van der Waals surface area contributed by atoms with Crippen molar-refractivity contribution in [3.63, 3.8) is 0 Å². The first kappa shape index (κ1) is 35.7. The molecule has 1 aromatic heterocycles. The first-order valence-corrected chi connectivity index (χ1v) is 16.4. The molecule has 22 heteroatoms. The molecule has 10 nitrogen and oxygen atoms in total. The predicted octanol–water partition coefficient (Wildman–Crippen LogP) is 8.63. The molecule has 0 aliphatic rings. The van der Waals surface area contributed by atoms with Crippen molar-refractivity contribution >= 4 is 39.0 Å². The Morgan fingerprint density at radius 2 is 1.36 bits per heavy atom. The summed E-state index contributed by atoms with van der Waals surface area (Å²) in [4.78, 5) is 2.52. The summed E-state index contributed by atoms with van der Waals surface area (Å²) >= 11 is 0.411. The molecule has 0 aliphatic carbocycles. The highest BCUT2D eigenvalue weighted by Crippen LogP contribution is 2.49. The Kier molecular flexibility index (Phi) is 10.3. The molecule has 47 heavy (non-hydrogen) atoms. The van der Waals surface area contributed by atoms with Gasteiger partial charge in [0.1, 0.15) is 45.2 Å². The minimum atomic E-state index is -5.14. The van der Waals surface area contributed by atoms with Crippen LogP contribution in [0.5, 0.6) is 17.2 Å². The molecule has 0 spiro atoms. The molecule has 0 saturated carbocycles. The molecule has 0 bridgehead atoms. The molecule has 252 valence electrons. The zero-order valence-corrected chi connectivity index (χ0v) is 25.3. The lowest BCUT2D eigenvalue weighted by Gasteiger charge is -2.21. The number of nitrogens with zero attached hydrogens (tertiary/aromatic N) is 3. The molecular formula is C25H16F9N4O6PS2. The smallest absolute Gasteiger partial charge is 0.445 e. The third-order valence-corrected chi connectivity index (χ3v) is 10.5. The van der Waals surface area contributed by atoms with Crippen LogP contribution in [0.15, 0.2) is 63.9 Å². The minimum Gasteiger partial charge on any atom is -0.493 e. The van der Waals surface area contributed by atoms with Crippen LogP contribution in [0, 0.1) is 17.5 Å². The number of hydrogen-bond donors (Lipinski definition) is 1. The van der Waals surface area contributed by atoms with Gasteiger partial charge in [-0.1, -0.05) is 5.11 Å². The number of rotatable bonds is 12. The standard InChI is InChI=1S/C25H16F9N4O6PS2/c26-19-9-14(1-3-17(19)24(29,30)31)43-45(39,44-15-2-4-18(20(27)10-15)25(32,33)34)12-37-47(40,41)22-8-13-7-16(42-6-5-36-38-35)11-21(28)23(13)46-22/h1-4,7-11,37H,5-6,12H2. The van der Waals surface area contributed by atoms with E-state index in [2.05, 4.69) is 10.0 Å². The summed E-state index contributed by atoms with van der Waals surface area (Å²) in [6, 6.07) is 4.89. The third kappa shape index (κ3) is 8.81. The lowest BCUT2D eigenvalue weighted by atomic mass is 10.2. The number of azide groups is 1. The molecular weight excluding hydrogens is 718 g/mol. The van der Waals surface area contributed by atoms with Crippen molar-refractivity contribution in [3.8, 4) is 17.2 Å². The van der Waals surface area contributed by atoms with E-state index in [4.69, 9.17) is 19.3 Å². The highest BCUT2D eigenvalue weighted by molar-refractivity contribution is 7.92.